The number of rotatable bonds is 1. The summed E-state index contributed by atoms with van der Waals surface area (Å²) in [6.45, 7) is 5.10. The summed E-state index contributed by atoms with van der Waals surface area (Å²) in [7, 11) is 0. The largest absolute Gasteiger partial charge is 0.443 e. The zero-order chi connectivity index (χ0) is 12.8. The number of likely N-dealkylation sites (tertiary alicyclic amines) is 1. The van der Waals surface area contributed by atoms with Gasteiger partial charge in [-0.2, -0.15) is 0 Å². The molecule has 1 aliphatic carbocycles. The lowest BCUT2D eigenvalue weighted by molar-refractivity contribution is -0.132. The van der Waals surface area contributed by atoms with Crippen LogP contribution in [0.3, 0.4) is 0 Å². The highest BCUT2D eigenvalue weighted by Gasteiger charge is 2.55. The summed E-state index contributed by atoms with van der Waals surface area (Å²) in [5, 5.41) is 9.32. The van der Waals surface area contributed by atoms with Crippen LogP contribution in [-0.4, -0.2) is 40.3 Å². The number of carbonyl (C=O) groups is 2. The predicted molar refractivity (Wildman–Crippen MR) is 60.2 cm³/mol. The van der Waals surface area contributed by atoms with Gasteiger partial charge in [0.2, 0.25) is 5.91 Å². The van der Waals surface area contributed by atoms with Crippen molar-refractivity contribution < 1.29 is 19.4 Å². The van der Waals surface area contributed by atoms with Crippen molar-refractivity contribution in [3.8, 4) is 0 Å². The summed E-state index contributed by atoms with van der Waals surface area (Å²) >= 11 is 0. The topological polar surface area (TPSA) is 66.8 Å². The number of carbonyl (C=O) groups excluding carboxylic acids is 2. The molecule has 1 saturated carbocycles. The van der Waals surface area contributed by atoms with Crippen molar-refractivity contribution in [2.75, 3.05) is 6.61 Å². The monoisotopic (exact) mass is 241 g/mol. The van der Waals surface area contributed by atoms with Crippen molar-refractivity contribution in [1.82, 2.24) is 4.90 Å². The Morgan fingerprint density at radius 2 is 2.12 bits per heavy atom. The van der Waals surface area contributed by atoms with Crippen LogP contribution in [-0.2, 0) is 9.53 Å². The molecule has 0 spiro atoms. The maximum atomic E-state index is 12.0. The summed E-state index contributed by atoms with van der Waals surface area (Å²) in [5.74, 6) is -0.144. The summed E-state index contributed by atoms with van der Waals surface area (Å²) < 4.78 is 5.20. The van der Waals surface area contributed by atoms with Crippen LogP contribution in [0.4, 0.5) is 4.79 Å². The lowest BCUT2D eigenvalue weighted by atomic mass is 9.73. The lowest BCUT2D eigenvalue weighted by Gasteiger charge is -2.31. The molecule has 0 bridgehead atoms. The summed E-state index contributed by atoms with van der Waals surface area (Å²) in [4.78, 5) is 25.0. The van der Waals surface area contributed by atoms with Gasteiger partial charge in [-0.1, -0.05) is 0 Å². The third kappa shape index (κ3) is 2.04. The van der Waals surface area contributed by atoms with Gasteiger partial charge in [-0.25, -0.2) is 9.69 Å². The number of fused-ring (bicyclic) bond motifs is 1. The molecule has 17 heavy (non-hydrogen) atoms. The smallest absolute Gasteiger partial charge is 0.417 e. The Labute approximate surface area is 101 Å². The van der Waals surface area contributed by atoms with E-state index in [0.717, 1.165) is 17.7 Å². The molecule has 0 aromatic rings. The zero-order valence-electron chi connectivity index (χ0n) is 10.5. The SMILES string of the molecule is CC(C)(C)OC(=O)N1C(=O)[C@@H]2CC[C@@H]2[C@H]1CO. The van der Waals surface area contributed by atoms with Crippen LogP contribution in [0, 0.1) is 11.8 Å². The predicted octanol–water partition coefficient (Wildman–Crippen LogP) is 1.15. The number of imide groups is 1. The van der Waals surface area contributed by atoms with Crippen molar-refractivity contribution in [2.24, 2.45) is 11.8 Å². The Kier molecular flexibility index (Phi) is 2.89. The number of hydrogen-bond acceptors (Lipinski definition) is 4. The molecule has 1 saturated heterocycles. The van der Waals surface area contributed by atoms with E-state index in [1.54, 1.807) is 20.8 Å². The number of ether oxygens (including phenoxy) is 1. The first-order chi connectivity index (χ1) is 7.85. The van der Waals surface area contributed by atoms with Gasteiger partial charge in [0.15, 0.2) is 0 Å². The van der Waals surface area contributed by atoms with E-state index in [4.69, 9.17) is 4.74 Å². The highest BCUT2D eigenvalue weighted by atomic mass is 16.6. The van der Waals surface area contributed by atoms with Crippen molar-refractivity contribution in [2.45, 2.75) is 45.3 Å². The molecule has 5 nitrogen and oxygen atoms in total. The molecular formula is C12H19NO4. The molecule has 1 heterocycles. The van der Waals surface area contributed by atoms with E-state index in [2.05, 4.69) is 0 Å². The van der Waals surface area contributed by atoms with Gasteiger partial charge in [0.1, 0.15) is 5.60 Å². The van der Waals surface area contributed by atoms with Gasteiger partial charge >= 0.3 is 6.09 Å². The van der Waals surface area contributed by atoms with Crippen LogP contribution in [0.5, 0.6) is 0 Å². The minimum Gasteiger partial charge on any atom is -0.443 e. The highest BCUT2D eigenvalue weighted by Crippen LogP contribution is 2.45. The standard InChI is InChI=1S/C12H19NO4/c1-12(2,3)17-11(16)13-9(6-14)7-4-5-8(7)10(13)15/h7-9,14H,4-6H2,1-3H3/t7-,8+,9+/m0/s1. The quantitative estimate of drug-likeness (QED) is 0.748. The molecule has 2 fully saturated rings. The summed E-state index contributed by atoms with van der Waals surface area (Å²) in [6.07, 6.45) is 1.09. The lowest BCUT2D eigenvalue weighted by Crippen LogP contribution is -2.44. The molecule has 96 valence electrons. The highest BCUT2D eigenvalue weighted by molar-refractivity contribution is 5.96. The Morgan fingerprint density at radius 3 is 2.53 bits per heavy atom. The molecule has 0 unspecified atom stereocenters. The number of aliphatic hydroxyl groups is 1. The molecule has 2 aliphatic rings. The Bertz CT molecular complexity index is 347. The maximum Gasteiger partial charge on any atom is 0.417 e. The molecule has 3 atom stereocenters. The van der Waals surface area contributed by atoms with Crippen LogP contribution in [0.15, 0.2) is 0 Å². The molecule has 0 aromatic carbocycles. The number of aliphatic hydroxyl groups excluding tert-OH is 1. The summed E-state index contributed by atoms with van der Waals surface area (Å²) in [6, 6.07) is -0.393. The van der Waals surface area contributed by atoms with E-state index >= 15 is 0 Å². The molecule has 5 heteroatoms. The fraction of sp³-hybridized carbons (Fsp3) is 0.833. The first-order valence-corrected chi connectivity index (χ1v) is 6.02. The molecule has 1 aliphatic heterocycles. The van der Waals surface area contributed by atoms with Gasteiger partial charge in [0.05, 0.1) is 12.6 Å². The van der Waals surface area contributed by atoms with Gasteiger partial charge in [0, 0.05) is 5.92 Å². The van der Waals surface area contributed by atoms with Gasteiger partial charge in [-0.3, -0.25) is 4.79 Å². The fourth-order valence-electron chi connectivity index (χ4n) is 2.58. The molecule has 1 N–H and O–H groups in total. The summed E-state index contributed by atoms with van der Waals surface area (Å²) in [5.41, 5.74) is -0.626. The van der Waals surface area contributed by atoms with Crippen LogP contribution < -0.4 is 0 Å². The van der Waals surface area contributed by atoms with E-state index < -0.39 is 17.7 Å². The molecular weight excluding hydrogens is 222 g/mol. The number of hydrogen-bond donors (Lipinski definition) is 1. The van der Waals surface area contributed by atoms with Crippen molar-refractivity contribution in [1.29, 1.82) is 0 Å². The van der Waals surface area contributed by atoms with Crippen LogP contribution in [0.1, 0.15) is 33.6 Å². The van der Waals surface area contributed by atoms with Gasteiger partial charge in [0.25, 0.3) is 0 Å². The minimum atomic E-state index is -0.629. The second kappa shape index (κ2) is 3.98. The third-order valence-electron chi connectivity index (χ3n) is 3.49. The number of amides is 2. The van der Waals surface area contributed by atoms with E-state index in [1.807, 2.05) is 0 Å². The number of nitrogens with zero attached hydrogens (tertiary/aromatic N) is 1. The van der Waals surface area contributed by atoms with Crippen LogP contribution in [0.25, 0.3) is 0 Å². The first-order valence-electron chi connectivity index (χ1n) is 6.02. The molecule has 0 aromatic heterocycles. The molecule has 2 amide bonds. The van der Waals surface area contributed by atoms with Crippen molar-refractivity contribution in [3.63, 3.8) is 0 Å². The normalized spacial score (nSPS) is 32.1. The van der Waals surface area contributed by atoms with Gasteiger partial charge in [-0.15, -0.1) is 0 Å². The molecule has 0 radical (unpaired) electrons. The Morgan fingerprint density at radius 1 is 1.47 bits per heavy atom. The average Bonchev–Trinajstić information content (AvgIpc) is 2.29. The average molecular weight is 241 g/mol. The van der Waals surface area contributed by atoms with E-state index in [1.165, 1.54) is 0 Å². The van der Waals surface area contributed by atoms with Gasteiger partial charge in [-0.05, 0) is 39.5 Å². The Balaban J connectivity index is 2.13. The second-order valence-electron chi connectivity index (χ2n) is 5.79. The third-order valence-corrected chi connectivity index (χ3v) is 3.49. The zero-order valence-corrected chi connectivity index (χ0v) is 10.5. The van der Waals surface area contributed by atoms with E-state index in [0.29, 0.717) is 0 Å². The van der Waals surface area contributed by atoms with Crippen molar-refractivity contribution >= 4 is 12.0 Å². The minimum absolute atomic E-state index is 0.0836. The Hall–Kier alpha value is -1.10. The van der Waals surface area contributed by atoms with E-state index in [-0.39, 0.29) is 24.3 Å². The van der Waals surface area contributed by atoms with Crippen LogP contribution in [0.2, 0.25) is 0 Å². The fourth-order valence-corrected chi connectivity index (χ4v) is 2.58. The maximum absolute atomic E-state index is 12.0. The van der Waals surface area contributed by atoms with Crippen LogP contribution >= 0.6 is 0 Å². The van der Waals surface area contributed by atoms with E-state index in [9.17, 15) is 14.7 Å². The second-order valence-corrected chi connectivity index (χ2v) is 5.79. The van der Waals surface area contributed by atoms with Crippen molar-refractivity contribution in [3.05, 3.63) is 0 Å². The van der Waals surface area contributed by atoms with Gasteiger partial charge < -0.3 is 9.84 Å². The molecule has 2 rings (SSSR count). The first kappa shape index (κ1) is 12.4.